The van der Waals surface area contributed by atoms with E-state index < -0.39 is 9.84 Å². The van der Waals surface area contributed by atoms with Crippen LogP contribution in [-0.2, 0) is 16.4 Å². The Morgan fingerprint density at radius 2 is 1.64 bits per heavy atom. The van der Waals surface area contributed by atoms with Crippen LogP contribution in [0.4, 0.5) is 11.4 Å². The number of amides is 1. The molecule has 0 saturated carbocycles. The SMILES string of the molecule is CCS(=O)(=O)c1ccc(CNC(=O)c2ccc3c(c2)Nc2ccc(Oc4ccccc4)cc2S3)cc1. The molecular formula is C28H24N2O4S2. The number of para-hydroxylation sites is 1. The Labute approximate surface area is 214 Å². The second-order valence-electron chi connectivity index (χ2n) is 8.24. The Kier molecular flexibility index (Phi) is 6.71. The van der Waals surface area contributed by atoms with Gasteiger partial charge in [0.15, 0.2) is 9.84 Å². The monoisotopic (exact) mass is 516 g/mol. The summed E-state index contributed by atoms with van der Waals surface area (Å²) in [5.41, 5.74) is 3.19. The summed E-state index contributed by atoms with van der Waals surface area (Å²) in [6.07, 6.45) is 0. The van der Waals surface area contributed by atoms with Crippen molar-refractivity contribution in [3.05, 3.63) is 102 Å². The van der Waals surface area contributed by atoms with Crippen LogP contribution >= 0.6 is 11.8 Å². The molecule has 5 rings (SSSR count). The lowest BCUT2D eigenvalue weighted by Gasteiger charge is -2.22. The zero-order valence-electron chi connectivity index (χ0n) is 19.5. The molecular weight excluding hydrogens is 492 g/mol. The topological polar surface area (TPSA) is 84.5 Å². The number of rotatable bonds is 7. The van der Waals surface area contributed by atoms with E-state index in [4.69, 9.17) is 4.74 Å². The molecule has 36 heavy (non-hydrogen) atoms. The van der Waals surface area contributed by atoms with Crippen molar-refractivity contribution in [3.8, 4) is 11.5 Å². The van der Waals surface area contributed by atoms with Crippen molar-refractivity contribution in [2.75, 3.05) is 11.1 Å². The van der Waals surface area contributed by atoms with Crippen LogP contribution in [0.2, 0.25) is 0 Å². The number of fused-ring (bicyclic) bond motifs is 2. The summed E-state index contributed by atoms with van der Waals surface area (Å²) in [5.74, 6) is 1.39. The first-order chi connectivity index (χ1) is 17.4. The second kappa shape index (κ2) is 10.1. The van der Waals surface area contributed by atoms with E-state index in [0.29, 0.717) is 12.1 Å². The van der Waals surface area contributed by atoms with Crippen LogP contribution in [0.25, 0.3) is 0 Å². The average Bonchev–Trinajstić information content (AvgIpc) is 2.91. The molecule has 1 aliphatic rings. The molecule has 0 bridgehead atoms. The maximum Gasteiger partial charge on any atom is 0.251 e. The highest BCUT2D eigenvalue weighted by molar-refractivity contribution is 7.99. The van der Waals surface area contributed by atoms with Crippen molar-refractivity contribution in [3.63, 3.8) is 0 Å². The third-order valence-corrected chi connectivity index (χ3v) is 8.66. The van der Waals surface area contributed by atoms with Gasteiger partial charge in [-0.1, -0.05) is 49.0 Å². The van der Waals surface area contributed by atoms with Crippen molar-refractivity contribution < 1.29 is 17.9 Å². The zero-order valence-corrected chi connectivity index (χ0v) is 21.2. The van der Waals surface area contributed by atoms with Gasteiger partial charge in [0.05, 0.1) is 22.0 Å². The van der Waals surface area contributed by atoms with Gasteiger partial charge in [-0.3, -0.25) is 4.79 Å². The fraction of sp³-hybridized carbons (Fsp3) is 0.107. The van der Waals surface area contributed by atoms with Crippen molar-refractivity contribution in [2.24, 2.45) is 0 Å². The van der Waals surface area contributed by atoms with Crippen LogP contribution in [0.1, 0.15) is 22.8 Å². The van der Waals surface area contributed by atoms with Crippen molar-refractivity contribution in [1.82, 2.24) is 5.32 Å². The molecule has 182 valence electrons. The van der Waals surface area contributed by atoms with Gasteiger partial charge < -0.3 is 15.4 Å². The second-order valence-corrected chi connectivity index (χ2v) is 11.6. The number of hydrogen-bond donors (Lipinski definition) is 2. The minimum absolute atomic E-state index is 0.0564. The van der Waals surface area contributed by atoms with Crippen molar-refractivity contribution >= 4 is 38.9 Å². The average molecular weight is 517 g/mol. The summed E-state index contributed by atoms with van der Waals surface area (Å²) in [6.45, 7) is 1.92. The number of benzene rings is 4. The van der Waals surface area contributed by atoms with Crippen LogP contribution in [0.3, 0.4) is 0 Å². The Bertz CT molecular complexity index is 1520. The Morgan fingerprint density at radius 3 is 2.39 bits per heavy atom. The fourth-order valence-corrected chi connectivity index (χ4v) is 5.65. The van der Waals surface area contributed by atoms with Crippen LogP contribution < -0.4 is 15.4 Å². The molecule has 0 unspecified atom stereocenters. The van der Waals surface area contributed by atoms with E-state index in [1.54, 1.807) is 49.0 Å². The van der Waals surface area contributed by atoms with Gasteiger partial charge in [-0.15, -0.1) is 0 Å². The van der Waals surface area contributed by atoms with Gasteiger partial charge in [-0.2, -0.15) is 0 Å². The van der Waals surface area contributed by atoms with Gasteiger partial charge >= 0.3 is 0 Å². The zero-order chi connectivity index (χ0) is 25.1. The lowest BCUT2D eigenvalue weighted by atomic mass is 10.1. The number of hydrogen-bond acceptors (Lipinski definition) is 6. The summed E-state index contributed by atoms with van der Waals surface area (Å²) in [7, 11) is -3.24. The first-order valence-electron chi connectivity index (χ1n) is 11.5. The van der Waals surface area contributed by atoms with Gasteiger partial charge in [0.1, 0.15) is 11.5 Å². The van der Waals surface area contributed by atoms with E-state index in [-0.39, 0.29) is 16.6 Å². The van der Waals surface area contributed by atoms with Gasteiger partial charge in [0.2, 0.25) is 0 Å². The predicted molar refractivity (Wildman–Crippen MR) is 142 cm³/mol. The van der Waals surface area contributed by atoms with E-state index in [1.807, 2.05) is 60.7 Å². The molecule has 1 heterocycles. The smallest absolute Gasteiger partial charge is 0.251 e. The molecule has 0 saturated heterocycles. The summed E-state index contributed by atoms with van der Waals surface area (Å²) in [5, 5.41) is 6.32. The Morgan fingerprint density at radius 1 is 0.861 bits per heavy atom. The number of sulfone groups is 1. The van der Waals surface area contributed by atoms with E-state index in [0.717, 1.165) is 38.2 Å². The number of ether oxygens (including phenoxy) is 1. The van der Waals surface area contributed by atoms with Crippen LogP contribution in [-0.4, -0.2) is 20.1 Å². The van der Waals surface area contributed by atoms with Crippen LogP contribution in [0.15, 0.2) is 106 Å². The molecule has 0 radical (unpaired) electrons. The molecule has 6 nitrogen and oxygen atoms in total. The molecule has 8 heteroatoms. The first-order valence-corrected chi connectivity index (χ1v) is 13.9. The first kappa shape index (κ1) is 24.0. The van der Waals surface area contributed by atoms with E-state index in [2.05, 4.69) is 10.6 Å². The molecule has 0 spiro atoms. The van der Waals surface area contributed by atoms with Gasteiger partial charge in [0, 0.05) is 21.9 Å². The molecule has 0 atom stereocenters. The van der Waals surface area contributed by atoms with E-state index in [1.165, 1.54) is 0 Å². The third-order valence-electron chi connectivity index (χ3n) is 5.78. The van der Waals surface area contributed by atoms with Gasteiger partial charge in [0.25, 0.3) is 5.91 Å². The minimum atomic E-state index is -3.24. The highest BCUT2D eigenvalue weighted by Crippen LogP contribution is 2.46. The highest BCUT2D eigenvalue weighted by atomic mass is 32.2. The largest absolute Gasteiger partial charge is 0.457 e. The normalized spacial score (nSPS) is 12.1. The predicted octanol–water partition coefficient (Wildman–Crippen LogP) is 6.41. The van der Waals surface area contributed by atoms with Crippen LogP contribution in [0, 0.1) is 0 Å². The summed E-state index contributed by atoms with van der Waals surface area (Å²) in [4.78, 5) is 15.1. The molecule has 0 aliphatic carbocycles. The van der Waals surface area contributed by atoms with Crippen LogP contribution in [0.5, 0.6) is 11.5 Å². The molecule has 0 aromatic heterocycles. The summed E-state index contributed by atoms with van der Waals surface area (Å²) >= 11 is 1.62. The molecule has 4 aromatic carbocycles. The number of carbonyl (C=O) groups is 1. The molecule has 1 aliphatic heterocycles. The number of anilines is 2. The lowest BCUT2D eigenvalue weighted by molar-refractivity contribution is 0.0951. The molecule has 1 amide bonds. The molecule has 2 N–H and O–H groups in total. The van der Waals surface area contributed by atoms with Gasteiger partial charge in [-0.05, 0) is 66.2 Å². The standard InChI is InChI=1S/C28H24N2O4S2/c1-2-36(32,33)23-12-8-19(9-13-23)18-29-28(31)20-10-15-26-25(16-20)30-24-14-11-22(17-27(24)35-26)34-21-6-4-3-5-7-21/h3-17,30H,2,18H2,1H3,(H,29,31). The maximum atomic E-state index is 12.8. The number of nitrogens with one attached hydrogen (secondary N) is 2. The summed E-state index contributed by atoms with van der Waals surface area (Å²) in [6, 6.07) is 27.7. The number of carbonyl (C=O) groups excluding carboxylic acids is 1. The molecule has 4 aromatic rings. The van der Waals surface area contributed by atoms with E-state index in [9.17, 15) is 13.2 Å². The third kappa shape index (κ3) is 5.24. The fourth-order valence-electron chi connectivity index (χ4n) is 3.77. The van der Waals surface area contributed by atoms with Gasteiger partial charge in [-0.25, -0.2) is 8.42 Å². The van der Waals surface area contributed by atoms with E-state index >= 15 is 0 Å². The quantitative estimate of drug-likeness (QED) is 0.260. The summed E-state index contributed by atoms with van der Waals surface area (Å²) < 4.78 is 29.9. The van der Waals surface area contributed by atoms with Crippen molar-refractivity contribution in [1.29, 1.82) is 0 Å². The maximum absolute atomic E-state index is 12.8. The Balaban J connectivity index is 1.24. The molecule has 0 fully saturated rings. The van der Waals surface area contributed by atoms with Crippen molar-refractivity contribution in [2.45, 2.75) is 28.2 Å². The minimum Gasteiger partial charge on any atom is -0.457 e. The Hall–Kier alpha value is -3.75. The lowest BCUT2D eigenvalue weighted by Crippen LogP contribution is -2.23. The highest BCUT2D eigenvalue weighted by Gasteiger charge is 2.19.